The lowest BCUT2D eigenvalue weighted by Gasteiger charge is -2.28. The van der Waals surface area contributed by atoms with E-state index < -0.39 is 53.7 Å². The smallest absolute Gasteiger partial charge is 0.425 e. The third-order valence-electron chi connectivity index (χ3n) is 7.56. The van der Waals surface area contributed by atoms with Gasteiger partial charge in [0.2, 0.25) is 0 Å². The minimum atomic E-state index is -0.935. The van der Waals surface area contributed by atoms with E-state index in [9.17, 15) is 9.59 Å². The van der Waals surface area contributed by atoms with Gasteiger partial charge in [0, 0.05) is 23.8 Å². The van der Waals surface area contributed by atoms with Crippen LogP contribution < -0.4 is 14.4 Å². The number of aromatic nitrogens is 4. The standard InChI is InChI=1S/C34H41N5O9/c1-32(2,3)47-30(40)39(31(41)48-33(4,5)6)28-21-13-15-38(27(21)36-18-37-28)29-26-25(45-34(7,8)46-26)24(44-29)17-43-19-10-11-20-22(16-19)35-14-12-23(20)42-9/h10-16,18,24-26,29H,17H2,1-9H3/t24-,25-,26-,29-/m1/s1. The van der Waals surface area contributed by atoms with Gasteiger partial charge < -0.3 is 37.7 Å². The van der Waals surface area contributed by atoms with E-state index in [0.29, 0.717) is 16.8 Å². The number of carbonyl (C=O) groups is 2. The van der Waals surface area contributed by atoms with Gasteiger partial charge in [-0.3, -0.25) is 4.98 Å². The fraction of sp³-hybridized carbons (Fsp3) is 0.500. The molecule has 3 aromatic heterocycles. The van der Waals surface area contributed by atoms with Crippen LogP contribution in [0.15, 0.2) is 49.1 Å². The number of rotatable bonds is 6. The maximum Gasteiger partial charge on any atom is 0.425 e. The minimum Gasteiger partial charge on any atom is -0.496 e. The third kappa shape index (κ3) is 6.73. The van der Waals surface area contributed by atoms with E-state index in [2.05, 4.69) is 15.0 Å². The van der Waals surface area contributed by atoms with Gasteiger partial charge in [-0.25, -0.2) is 19.6 Å². The Hall–Kier alpha value is -4.53. The predicted molar refractivity (Wildman–Crippen MR) is 174 cm³/mol. The van der Waals surface area contributed by atoms with Gasteiger partial charge in [-0.1, -0.05) is 0 Å². The molecule has 0 aliphatic carbocycles. The number of hydrogen-bond donors (Lipinski definition) is 0. The first kappa shape index (κ1) is 33.4. The van der Waals surface area contributed by atoms with Crippen LogP contribution in [-0.4, -0.2) is 80.7 Å². The molecule has 0 bridgehead atoms. The van der Waals surface area contributed by atoms with Crippen molar-refractivity contribution in [3.8, 4) is 11.5 Å². The van der Waals surface area contributed by atoms with Crippen LogP contribution in [0, 0.1) is 0 Å². The molecule has 6 rings (SSSR count). The molecule has 2 saturated heterocycles. The van der Waals surface area contributed by atoms with Gasteiger partial charge in [0.15, 0.2) is 17.8 Å². The molecule has 1 aromatic carbocycles. The summed E-state index contributed by atoms with van der Waals surface area (Å²) in [5, 5.41) is 1.27. The number of carbonyl (C=O) groups excluding carboxylic acids is 2. The van der Waals surface area contributed by atoms with Crippen molar-refractivity contribution in [2.24, 2.45) is 0 Å². The molecule has 2 fully saturated rings. The predicted octanol–water partition coefficient (Wildman–Crippen LogP) is 6.16. The van der Waals surface area contributed by atoms with Crippen LogP contribution in [0.1, 0.15) is 61.6 Å². The van der Waals surface area contributed by atoms with Gasteiger partial charge in [-0.2, -0.15) is 4.90 Å². The van der Waals surface area contributed by atoms with Crippen molar-refractivity contribution in [3.63, 3.8) is 0 Å². The summed E-state index contributed by atoms with van der Waals surface area (Å²) < 4.78 is 43.7. The Balaban J connectivity index is 1.30. The molecule has 0 radical (unpaired) electrons. The summed E-state index contributed by atoms with van der Waals surface area (Å²) in [6.45, 7) is 14.1. The highest BCUT2D eigenvalue weighted by atomic mass is 16.8. The van der Waals surface area contributed by atoms with Crippen molar-refractivity contribution in [1.29, 1.82) is 0 Å². The number of imide groups is 1. The molecule has 0 unspecified atom stereocenters. The highest BCUT2D eigenvalue weighted by molar-refractivity contribution is 6.13. The molecule has 0 spiro atoms. The van der Waals surface area contributed by atoms with Crippen molar-refractivity contribution in [2.75, 3.05) is 18.6 Å². The second-order valence-corrected chi connectivity index (χ2v) is 14.1. The molecular formula is C34H41N5O9. The number of methoxy groups -OCH3 is 1. The zero-order valence-electron chi connectivity index (χ0n) is 28.5. The second-order valence-electron chi connectivity index (χ2n) is 14.1. The van der Waals surface area contributed by atoms with Gasteiger partial charge in [0.05, 0.1) is 18.0 Å². The van der Waals surface area contributed by atoms with Gasteiger partial charge in [0.25, 0.3) is 0 Å². The van der Waals surface area contributed by atoms with Gasteiger partial charge >= 0.3 is 12.2 Å². The SMILES string of the molecule is COc1ccnc2cc(OC[C@H]3O[C@@H](n4ccc5c(N(C(=O)OC(C)(C)C)C(=O)OC(C)(C)C)ncnc54)[C@@H]4OC(C)(C)O[C@@H]43)ccc12. The summed E-state index contributed by atoms with van der Waals surface area (Å²) in [7, 11) is 1.62. The van der Waals surface area contributed by atoms with E-state index >= 15 is 0 Å². The second kappa shape index (κ2) is 12.2. The zero-order valence-corrected chi connectivity index (χ0v) is 28.5. The highest BCUT2D eigenvalue weighted by Gasteiger charge is 2.56. The van der Waals surface area contributed by atoms with Crippen LogP contribution in [0.4, 0.5) is 15.4 Å². The number of ether oxygens (including phenoxy) is 7. The van der Waals surface area contributed by atoms with Crippen LogP contribution in [0.5, 0.6) is 11.5 Å². The summed E-state index contributed by atoms with van der Waals surface area (Å²) in [6, 6.07) is 9.10. The molecule has 2 aliphatic heterocycles. The van der Waals surface area contributed by atoms with Crippen molar-refractivity contribution in [3.05, 3.63) is 49.1 Å². The molecule has 14 heteroatoms. The fourth-order valence-electron chi connectivity index (χ4n) is 5.77. The summed E-state index contributed by atoms with van der Waals surface area (Å²) in [6.07, 6.45) is 0.614. The maximum absolute atomic E-state index is 13.4. The van der Waals surface area contributed by atoms with Crippen molar-refractivity contribution < 1.29 is 42.7 Å². The molecule has 0 saturated carbocycles. The van der Waals surface area contributed by atoms with E-state index in [-0.39, 0.29) is 12.4 Å². The van der Waals surface area contributed by atoms with Gasteiger partial charge in [-0.15, -0.1) is 0 Å². The maximum atomic E-state index is 13.4. The molecule has 48 heavy (non-hydrogen) atoms. The Bertz CT molecular complexity index is 1820. The lowest BCUT2D eigenvalue weighted by molar-refractivity contribution is -0.198. The Kier molecular flexibility index (Phi) is 8.46. The number of pyridine rings is 1. The Morgan fingerprint density at radius 3 is 2.27 bits per heavy atom. The van der Waals surface area contributed by atoms with E-state index in [1.807, 2.05) is 32.0 Å². The molecule has 5 heterocycles. The van der Waals surface area contributed by atoms with Crippen LogP contribution in [0.25, 0.3) is 21.9 Å². The largest absolute Gasteiger partial charge is 0.496 e. The quantitative estimate of drug-likeness (QED) is 0.233. The molecular weight excluding hydrogens is 622 g/mol. The molecule has 0 N–H and O–H groups in total. The number of benzene rings is 1. The minimum absolute atomic E-state index is 0.00199. The van der Waals surface area contributed by atoms with Crippen LogP contribution in [-0.2, 0) is 23.7 Å². The molecule has 4 aromatic rings. The van der Waals surface area contributed by atoms with Crippen molar-refractivity contribution in [1.82, 2.24) is 19.5 Å². The molecule has 14 nitrogen and oxygen atoms in total. The van der Waals surface area contributed by atoms with Gasteiger partial charge in [-0.05, 0) is 79.7 Å². The molecule has 4 atom stereocenters. The van der Waals surface area contributed by atoms with Crippen molar-refractivity contribution in [2.45, 2.75) is 96.9 Å². The molecule has 256 valence electrons. The van der Waals surface area contributed by atoms with E-state index in [1.54, 1.807) is 77.7 Å². The number of anilines is 1. The lowest BCUT2D eigenvalue weighted by Crippen LogP contribution is -2.44. The van der Waals surface area contributed by atoms with Gasteiger partial charge in [0.1, 0.15) is 59.6 Å². The summed E-state index contributed by atoms with van der Waals surface area (Å²) in [4.78, 5) is 40.9. The molecule has 2 aliphatic rings. The number of nitrogens with zero attached hydrogens (tertiary/aromatic N) is 5. The Morgan fingerprint density at radius 1 is 0.917 bits per heavy atom. The van der Waals surface area contributed by atoms with Crippen LogP contribution >= 0.6 is 0 Å². The first-order valence-corrected chi connectivity index (χ1v) is 15.7. The summed E-state index contributed by atoms with van der Waals surface area (Å²) in [5.41, 5.74) is -0.646. The Morgan fingerprint density at radius 2 is 1.60 bits per heavy atom. The normalized spacial score (nSPS) is 22.0. The van der Waals surface area contributed by atoms with Crippen LogP contribution in [0.2, 0.25) is 0 Å². The fourth-order valence-corrected chi connectivity index (χ4v) is 5.77. The third-order valence-corrected chi connectivity index (χ3v) is 7.56. The average molecular weight is 664 g/mol. The lowest BCUT2D eigenvalue weighted by atomic mass is 10.1. The highest BCUT2D eigenvalue weighted by Crippen LogP contribution is 2.44. The Labute approximate surface area is 278 Å². The summed E-state index contributed by atoms with van der Waals surface area (Å²) in [5.74, 6) is 0.452. The first-order valence-electron chi connectivity index (χ1n) is 15.7. The topological polar surface area (TPSA) is 146 Å². The number of amides is 2. The monoisotopic (exact) mass is 663 g/mol. The number of hydrogen-bond acceptors (Lipinski definition) is 12. The number of fused-ring (bicyclic) bond motifs is 3. The molecule has 2 amide bonds. The van der Waals surface area contributed by atoms with E-state index in [1.165, 1.54) is 6.33 Å². The van der Waals surface area contributed by atoms with Crippen molar-refractivity contribution >= 4 is 39.9 Å². The van der Waals surface area contributed by atoms with E-state index in [4.69, 9.17) is 33.2 Å². The van der Waals surface area contributed by atoms with Crippen LogP contribution in [0.3, 0.4) is 0 Å². The zero-order chi connectivity index (χ0) is 34.6. The average Bonchev–Trinajstić information content (AvgIpc) is 3.64. The van der Waals surface area contributed by atoms with E-state index in [0.717, 1.165) is 21.6 Å². The summed E-state index contributed by atoms with van der Waals surface area (Å²) >= 11 is 0. The first-order chi connectivity index (χ1) is 22.5.